The molecule has 2 heterocycles. The molecule has 28 heavy (non-hydrogen) atoms. The summed E-state index contributed by atoms with van der Waals surface area (Å²) in [6, 6.07) is 8.70. The van der Waals surface area contributed by atoms with E-state index in [-0.39, 0.29) is 18.3 Å². The van der Waals surface area contributed by atoms with Crippen molar-refractivity contribution >= 4 is 67.5 Å². The maximum Gasteiger partial charge on any atom is 0.324 e. The van der Waals surface area contributed by atoms with Gasteiger partial charge in [0, 0.05) is 18.1 Å². The van der Waals surface area contributed by atoms with Gasteiger partial charge in [-0.15, -0.1) is 0 Å². The van der Waals surface area contributed by atoms with Gasteiger partial charge in [-0.05, 0) is 36.4 Å². The van der Waals surface area contributed by atoms with Crippen molar-refractivity contribution in [2.75, 3.05) is 29.9 Å². The van der Waals surface area contributed by atoms with Crippen molar-refractivity contribution in [3.63, 3.8) is 0 Å². The predicted octanol–water partition coefficient (Wildman–Crippen LogP) is 4.62. The van der Waals surface area contributed by atoms with Crippen LogP contribution in [0.2, 0.25) is 10.0 Å². The lowest BCUT2D eigenvalue weighted by Gasteiger charge is -2.34. The van der Waals surface area contributed by atoms with Crippen LogP contribution in [0, 0.1) is 5.82 Å². The molecule has 4 rings (SSSR count). The summed E-state index contributed by atoms with van der Waals surface area (Å²) in [5.41, 5.74) is 1.16. The number of thiazole rings is 1. The first-order chi connectivity index (χ1) is 13.4. The second-order valence-corrected chi connectivity index (χ2v) is 8.00. The number of carbonyl (C=O) groups excluding carboxylic acids is 2. The first-order valence-electron chi connectivity index (χ1n) is 8.28. The van der Waals surface area contributed by atoms with E-state index in [1.165, 1.54) is 33.3 Å². The largest absolute Gasteiger partial charge is 0.324 e. The van der Waals surface area contributed by atoms with Gasteiger partial charge in [0.25, 0.3) is 0 Å². The Morgan fingerprint density at radius 3 is 2.75 bits per heavy atom. The molecule has 144 valence electrons. The lowest BCUT2D eigenvalue weighted by Crippen LogP contribution is -2.53. The maximum absolute atomic E-state index is 13.3. The standard InChI is InChI=1S/C18H13Cl2FN4O2S/c19-10-1-4-14(12(20)7-10)25-6-5-24(9-16(25)26)18(27)23-17-22-13-3-2-11(21)8-15(13)28-17/h1-4,7-8H,5-6,9H2,(H,22,23,27). The molecule has 3 amide bonds. The second kappa shape index (κ2) is 7.54. The summed E-state index contributed by atoms with van der Waals surface area (Å²) in [7, 11) is 0. The van der Waals surface area contributed by atoms with Gasteiger partial charge in [-0.3, -0.25) is 10.1 Å². The highest BCUT2D eigenvalue weighted by Gasteiger charge is 2.29. The van der Waals surface area contributed by atoms with Crippen LogP contribution >= 0.6 is 34.5 Å². The van der Waals surface area contributed by atoms with E-state index in [9.17, 15) is 14.0 Å². The highest BCUT2D eigenvalue weighted by Crippen LogP contribution is 2.30. The first kappa shape index (κ1) is 18.9. The molecule has 0 saturated carbocycles. The molecule has 1 saturated heterocycles. The molecule has 0 bridgehead atoms. The molecule has 1 aliphatic rings. The topological polar surface area (TPSA) is 65.5 Å². The molecule has 1 N–H and O–H groups in total. The Labute approximate surface area is 173 Å². The normalized spacial score (nSPS) is 14.6. The fraction of sp³-hybridized carbons (Fsp3) is 0.167. The smallest absolute Gasteiger partial charge is 0.313 e. The highest BCUT2D eigenvalue weighted by molar-refractivity contribution is 7.22. The third kappa shape index (κ3) is 3.76. The van der Waals surface area contributed by atoms with Crippen molar-refractivity contribution in [1.82, 2.24) is 9.88 Å². The number of halogens is 3. The molecule has 0 spiro atoms. The van der Waals surface area contributed by atoms with Crippen molar-refractivity contribution in [2.24, 2.45) is 0 Å². The number of piperazine rings is 1. The van der Waals surface area contributed by atoms with Gasteiger partial charge in [-0.1, -0.05) is 34.5 Å². The van der Waals surface area contributed by atoms with Gasteiger partial charge < -0.3 is 9.80 Å². The second-order valence-electron chi connectivity index (χ2n) is 6.12. The molecular weight excluding hydrogens is 426 g/mol. The number of urea groups is 1. The Kier molecular flexibility index (Phi) is 5.09. The van der Waals surface area contributed by atoms with Crippen molar-refractivity contribution < 1.29 is 14.0 Å². The summed E-state index contributed by atoms with van der Waals surface area (Å²) in [5.74, 6) is -0.617. The van der Waals surface area contributed by atoms with Crippen molar-refractivity contribution in [1.29, 1.82) is 0 Å². The van der Waals surface area contributed by atoms with Gasteiger partial charge in [0.1, 0.15) is 12.4 Å². The zero-order valence-electron chi connectivity index (χ0n) is 14.3. The van der Waals surface area contributed by atoms with Gasteiger partial charge in [-0.2, -0.15) is 0 Å². The lowest BCUT2D eigenvalue weighted by atomic mass is 10.2. The lowest BCUT2D eigenvalue weighted by molar-refractivity contribution is -0.120. The molecule has 6 nitrogen and oxygen atoms in total. The number of hydrogen-bond donors (Lipinski definition) is 1. The Balaban J connectivity index is 1.44. The number of amides is 3. The quantitative estimate of drug-likeness (QED) is 0.634. The molecule has 0 unspecified atom stereocenters. The predicted molar refractivity (Wildman–Crippen MR) is 109 cm³/mol. The summed E-state index contributed by atoms with van der Waals surface area (Å²) in [4.78, 5) is 32.2. The number of carbonyl (C=O) groups is 2. The molecule has 0 radical (unpaired) electrons. The van der Waals surface area contributed by atoms with Gasteiger partial charge in [0.2, 0.25) is 5.91 Å². The molecule has 2 aromatic carbocycles. The number of nitrogens with one attached hydrogen (secondary N) is 1. The summed E-state index contributed by atoms with van der Waals surface area (Å²) in [6.45, 7) is 0.541. The summed E-state index contributed by atoms with van der Waals surface area (Å²) >= 11 is 13.2. The Bertz CT molecular complexity index is 1090. The number of rotatable bonds is 2. The third-order valence-electron chi connectivity index (χ3n) is 4.27. The molecule has 1 aromatic heterocycles. The minimum absolute atomic E-state index is 0.0929. The zero-order valence-corrected chi connectivity index (χ0v) is 16.6. The SMILES string of the molecule is O=C(Nc1nc2ccc(F)cc2s1)N1CCN(c2ccc(Cl)cc2Cl)C(=O)C1. The number of nitrogens with zero attached hydrogens (tertiary/aromatic N) is 3. The van der Waals surface area contributed by atoms with Gasteiger partial charge >= 0.3 is 6.03 Å². The number of benzene rings is 2. The average molecular weight is 439 g/mol. The van der Waals surface area contributed by atoms with Gasteiger partial charge in [0.05, 0.1) is 20.9 Å². The van der Waals surface area contributed by atoms with Crippen LogP contribution in [-0.4, -0.2) is 41.5 Å². The number of anilines is 2. The van der Waals surface area contributed by atoms with E-state index in [0.29, 0.717) is 44.2 Å². The Morgan fingerprint density at radius 2 is 2.00 bits per heavy atom. The molecule has 10 heteroatoms. The number of hydrogen-bond acceptors (Lipinski definition) is 4. The van der Waals surface area contributed by atoms with Crippen LogP contribution in [0.4, 0.5) is 20.0 Å². The summed E-state index contributed by atoms with van der Waals surface area (Å²) in [6.07, 6.45) is 0. The highest BCUT2D eigenvalue weighted by atomic mass is 35.5. The van der Waals surface area contributed by atoms with Crippen molar-refractivity contribution in [3.8, 4) is 0 Å². The van der Waals surface area contributed by atoms with Crippen LogP contribution in [0.25, 0.3) is 10.2 Å². The van der Waals surface area contributed by atoms with Gasteiger partial charge in [0.15, 0.2) is 5.13 Å². The summed E-state index contributed by atoms with van der Waals surface area (Å²) < 4.78 is 13.9. The zero-order chi connectivity index (χ0) is 19.8. The molecule has 1 aliphatic heterocycles. The molecule has 1 fully saturated rings. The molecule has 0 aliphatic carbocycles. The van der Waals surface area contributed by atoms with Crippen LogP contribution < -0.4 is 10.2 Å². The van der Waals surface area contributed by atoms with E-state index in [4.69, 9.17) is 23.2 Å². The van der Waals surface area contributed by atoms with Gasteiger partial charge in [-0.25, -0.2) is 14.2 Å². The Morgan fingerprint density at radius 1 is 1.18 bits per heavy atom. The fourth-order valence-electron chi connectivity index (χ4n) is 2.92. The monoisotopic (exact) mass is 438 g/mol. The van der Waals surface area contributed by atoms with Crippen LogP contribution in [0.5, 0.6) is 0 Å². The van der Waals surface area contributed by atoms with E-state index in [0.717, 1.165) is 0 Å². The first-order valence-corrected chi connectivity index (χ1v) is 9.85. The van der Waals surface area contributed by atoms with E-state index in [1.807, 2.05) is 0 Å². The average Bonchev–Trinajstić information content (AvgIpc) is 3.03. The van der Waals surface area contributed by atoms with Crippen LogP contribution in [0.1, 0.15) is 0 Å². The van der Waals surface area contributed by atoms with Crippen LogP contribution in [0.15, 0.2) is 36.4 Å². The van der Waals surface area contributed by atoms with Crippen molar-refractivity contribution in [3.05, 3.63) is 52.3 Å². The minimum Gasteiger partial charge on any atom is -0.313 e. The van der Waals surface area contributed by atoms with E-state index >= 15 is 0 Å². The molecule has 0 atom stereocenters. The van der Waals surface area contributed by atoms with E-state index < -0.39 is 6.03 Å². The maximum atomic E-state index is 13.3. The molecule has 3 aromatic rings. The van der Waals surface area contributed by atoms with Crippen molar-refractivity contribution in [2.45, 2.75) is 0 Å². The van der Waals surface area contributed by atoms with E-state index in [2.05, 4.69) is 10.3 Å². The van der Waals surface area contributed by atoms with E-state index in [1.54, 1.807) is 24.3 Å². The number of fused-ring (bicyclic) bond motifs is 1. The fourth-order valence-corrected chi connectivity index (χ4v) is 4.31. The van der Waals surface area contributed by atoms with Crippen LogP contribution in [-0.2, 0) is 4.79 Å². The van der Waals surface area contributed by atoms with Crippen LogP contribution in [0.3, 0.4) is 0 Å². The third-order valence-corrected chi connectivity index (χ3v) is 5.74. The summed E-state index contributed by atoms with van der Waals surface area (Å²) in [5, 5.41) is 3.88. The minimum atomic E-state index is -0.435. The Hall–Kier alpha value is -2.42. The number of aromatic nitrogens is 1. The molecular formula is C18H13Cl2FN4O2S.